The second kappa shape index (κ2) is 5.81. The van der Waals surface area contributed by atoms with Crippen LogP contribution in [0.4, 0.5) is 5.69 Å². The third kappa shape index (κ3) is 2.70. The summed E-state index contributed by atoms with van der Waals surface area (Å²) in [6, 6.07) is 14.6. The van der Waals surface area contributed by atoms with E-state index in [1.54, 1.807) is 0 Å². The molecule has 2 aromatic heterocycles. The summed E-state index contributed by atoms with van der Waals surface area (Å²) >= 11 is 0. The van der Waals surface area contributed by atoms with Crippen molar-refractivity contribution in [1.29, 1.82) is 0 Å². The lowest BCUT2D eigenvalue weighted by atomic mass is 10.2. The molecule has 1 atom stereocenters. The number of hydrogen-bond donors (Lipinski definition) is 0. The van der Waals surface area contributed by atoms with Crippen molar-refractivity contribution < 1.29 is 4.74 Å². The smallest absolute Gasteiger partial charge is 0.138 e. The highest BCUT2D eigenvalue weighted by molar-refractivity contribution is 5.56. The molecule has 3 aromatic rings. The Kier molecular flexibility index (Phi) is 3.52. The van der Waals surface area contributed by atoms with Gasteiger partial charge in [0.05, 0.1) is 12.7 Å². The van der Waals surface area contributed by atoms with Gasteiger partial charge < -0.3 is 14.0 Å². The van der Waals surface area contributed by atoms with E-state index in [1.807, 2.05) is 22.9 Å². The zero-order valence-corrected chi connectivity index (χ0v) is 12.4. The number of ether oxygens (including phenoxy) is 1. The van der Waals surface area contributed by atoms with E-state index in [0.717, 1.165) is 25.2 Å². The lowest BCUT2D eigenvalue weighted by Crippen LogP contribution is -2.22. The molecule has 4 nitrogen and oxygen atoms in total. The number of nitrogens with zero attached hydrogens (tertiary/aromatic N) is 3. The predicted molar refractivity (Wildman–Crippen MR) is 87.0 cm³/mol. The Labute approximate surface area is 130 Å². The maximum Gasteiger partial charge on any atom is 0.138 e. The number of aromatic nitrogens is 2. The molecule has 1 saturated heterocycles. The van der Waals surface area contributed by atoms with Crippen LogP contribution in [-0.2, 0) is 11.3 Å². The van der Waals surface area contributed by atoms with Crippen LogP contribution in [0.15, 0.2) is 61.1 Å². The Morgan fingerprint density at radius 3 is 2.95 bits per heavy atom. The molecule has 0 N–H and O–H groups in total. The fourth-order valence-electron chi connectivity index (χ4n) is 2.98. The van der Waals surface area contributed by atoms with Crippen LogP contribution < -0.4 is 4.90 Å². The molecule has 1 aliphatic rings. The molecule has 4 rings (SSSR count). The van der Waals surface area contributed by atoms with Crippen LogP contribution in [-0.4, -0.2) is 28.6 Å². The van der Waals surface area contributed by atoms with Gasteiger partial charge in [0.1, 0.15) is 5.65 Å². The standard InChI is InChI=1S/C18H19N3O/c1-2-4-15(5-3-1)14-22-17-7-10-21(13-17)16-6-9-20-11-8-19-18(20)12-16/h1-6,8-9,11-12,17H,7,10,13-14H2. The zero-order chi connectivity index (χ0) is 14.8. The van der Waals surface area contributed by atoms with E-state index in [1.165, 1.54) is 11.3 Å². The van der Waals surface area contributed by atoms with Crippen LogP contribution in [0.2, 0.25) is 0 Å². The third-order valence-corrected chi connectivity index (χ3v) is 4.22. The molecule has 0 radical (unpaired) electrons. The fraction of sp³-hybridized carbons (Fsp3) is 0.278. The number of fused-ring (bicyclic) bond motifs is 1. The molecule has 1 fully saturated rings. The van der Waals surface area contributed by atoms with E-state index < -0.39 is 0 Å². The Balaban J connectivity index is 1.39. The molecular formula is C18H19N3O. The van der Waals surface area contributed by atoms with E-state index in [0.29, 0.717) is 12.7 Å². The highest BCUT2D eigenvalue weighted by Crippen LogP contribution is 2.23. The molecule has 1 unspecified atom stereocenters. The van der Waals surface area contributed by atoms with Gasteiger partial charge in [-0.05, 0) is 18.1 Å². The molecule has 22 heavy (non-hydrogen) atoms. The van der Waals surface area contributed by atoms with Crippen LogP contribution in [0.25, 0.3) is 5.65 Å². The van der Waals surface area contributed by atoms with E-state index >= 15 is 0 Å². The van der Waals surface area contributed by atoms with Crippen molar-refractivity contribution in [2.75, 3.05) is 18.0 Å². The lowest BCUT2D eigenvalue weighted by Gasteiger charge is -2.19. The second-order valence-corrected chi connectivity index (χ2v) is 5.73. The van der Waals surface area contributed by atoms with E-state index in [4.69, 9.17) is 4.74 Å². The summed E-state index contributed by atoms with van der Waals surface area (Å²) in [6.07, 6.45) is 7.24. The molecule has 0 aliphatic carbocycles. The summed E-state index contributed by atoms with van der Waals surface area (Å²) in [7, 11) is 0. The maximum atomic E-state index is 6.05. The molecular weight excluding hydrogens is 274 g/mol. The van der Waals surface area contributed by atoms with Crippen LogP contribution in [0.1, 0.15) is 12.0 Å². The Bertz CT molecular complexity index is 753. The van der Waals surface area contributed by atoms with Gasteiger partial charge in [-0.15, -0.1) is 0 Å². The van der Waals surface area contributed by atoms with Gasteiger partial charge in [-0.1, -0.05) is 30.3 Å². The minimum absolute atomic E-state index is 0.302. The SMILES string of the molecule is c1ccc(COC2CCN(c3ccn4ccnc4c3)C2)cc1. The highest BCUT2D eigenvalue weighted by Gasteiger charge is 2.23. The molecule has 112 valence electrons. The first-order chi connectivity index (χ1) is 10.9. The minimum Gasteiger partial charge on any atom is -0.372 e. The van der Waals surface area contributed by atoms with Crippen molar-refractivity contribution in [3.05, 3.63) is 66.6 Å². The normalized spacial score (nSPS) is 18.2. The van der Waals surface area contributed by atoms with Crippen molar-refractivity contribution in [3.8, 4) is 0 Å². The largest absolute Gasteiger partial charge is 0.372 e. The third-order valence-electron chi connectivity index (χ3n) is 4.22. The van der Waals surface area contributed by atoms with Crippen LogP contribution >= 0.6 is 0 Å². The van der Waals surface area contributed by atoms with Gasteiger partial charge in [0.15, 0.2) is 0 Å². The van der Waals surface area contributed by atoms with E-state index in [-0.39, 0.29) is 0 Å². The maximum absolute atomic E-state index is 6.05. The second-order valence-electron chi connectivity index (χ2n) is 5.73. The number of rotatable bonds is 4. The van der Waals surface area contributed by atoms with Gasteiger partial charge in [0.2, 0.25) is 0 Å². The first-order valence-corrected chi connectivity index (χ1v) is 7.72. The minimum atomic E-state index is 0.302. The van der Waals surface area contributed by atoms with Crippen molar-refractivity contribution in [3.63, 3.8) is 0 Å². The van der Waals surface area contributed by atoms with E-state index in [9.17, 15) is 0 Å². The number of benzene rings is 1. The highest BCUT2D eigenvalue weighted by atomic mass is 16.5. The summed E-state index contributed by atoms with van der Waals surface area (Å²) in [6.45, 7) is 2.68. The van der Waals surface area contributed by atoms with Crippen LogP contribution in [0, 0.1) is 0 Å². The Hall–Kier alpha value is -2.33. The first kappa shape index (κ1) is 13.3. The number of hydrogen-bond acceptors (Lipinski definition) is 3. The van der Waals surface area contributed by atoms with Crippen molar-refractivity contribution >= 4 is 11.3 Å². The van der Waals surface area contributed by atoms with Gasteiger partial charge in [-0.3, -0.25) is 0 Å². The zero-order valence-electron chi connectivity index (χ0n) is 12.4. The number of anilines is 1. The van der Waals surface area contributed by atoms with Crippen molar-refractivity contribution in [1.82, 2.24) is 9.38 Å². The number of imidazole rings is 1. The summed E-state index contributed by atoms with van der Waals surface area (Å²) in [4.78, 5) is 6.73. The topological polar surface area (TPSA) is 29.8 Å². The predicted octanol–water partition coefficient (Wildman–Crippen LogP) is 3.13. The van der Waals surface area contributed by atoms with Gasteiger partial charge >= 0.3 is 0 Å². The summed E-state index contributed by atoms with van der Waals surface area (Å²) in [5.41, 5.74) is 3.45. The molecule has 1 aromatic carbocycles. The molecule has 0 saturated carbocycles. The molecule has 3 heterocycles. The average Bonchev–Trinajstić information content (AvgIpc) is 3.22. The Morgan fingerprint density at radius 1 is 1.14 bits per heavy atom. The average molecular weight is 293 g/mol. The molecule has 4 heteroatoms. The van der Waals surface area contributed by atoms with Gasteiger partial charge in [0.25, 0.3) is 0 Å². The molecule has 0 bridgehead atoms. The first-order valence-electron chi connectivity index (χ1n) is 7.72. The van der Waals surface area contributed by atoms with Crippen LogP contribution in [0.5, 0.6) is 0 Å². The van der Waals surface area contributed by atoms with Crippen molar-refractivity contribution in [2.45, 2.75) is 19.1 Å². The lowest BCUT2D eigenvalue weighted by molar-refractivity contribution is 0.0553. The summed E-state index contributed by atoms with van der Waals surface area (Å²) < 4.78 is 8.08. The molecule has 1 aliphatic heterocycles. The van der Waals surface area contributed by atoms with Crippen molar-refractivity contribution in [2.24, 2.45) is 0 Å². The number of pyridine rings is 1. The van der Waals surface area contributed by atoms with E-state index in [2.05, 4.69) is 52.5 Å². The monoisotopic (exact) mass is 293 g/mol. The quantitative estimate of drug-likeness (QED) is 0.740. The Morgan fingerprint density at radius 2 is 2.05 bits per heavy atom. The summed E-state index contributed by atoms with van der Waals surface area (Å²) in [5.74, 6) is 0. The van der Waals surface area contributed by atoms with Gasteiger partial charge in [-0.2, -0.15) is 0 Å². The van der Waals surface area contributed by atoms with Crippen LogP contribution in [0.3, 0.4) is 0 Å². The van der Waals surface area contributed by atoms with Gasteiger partial charge in [0, 0.05) is 43.4 Å². The molecule has 0 spiro atoms. The molecule has 0 amide bonds. The fourth-order valence-corrected chi connectivity index (χ4v) is 2.98. The van der Waals surface area contributed by atoms with Gasteiger partial charge in [-0.25, -0.2) is 4.98 Å². The summed E-state index contributed by atoms with van der Waals surface area (Å²) in [5, 5.41) is 0.